The number of para-hydroxylation sites is 1. The van der Waals surface area contributed by atoms with Gasteiger partial charge in [-0.15, -0.1) is 0 Å². The van der Waals surface area contributed by atoms with E-state index in [2.05, 4.69) is 5.32 Å². The molecule has 0 aliphatic carbocycles. The third kappa shape index (κ3) is 3.41. The van der Waals surface area contributed by atoms with Gasteiger partial charge < -0.3 is 19.6 Å². The molecule has 21 heavy (non-hydrogen) atoms. The third-order valence-corrected chi connectivity index (χ3v) is 3.05. The first-order valence-corrected chi connectivity index (χ1v) is 6.55. The summed E-state index contributed by atoms with van der Waals surface area (Å²) in [6, 6.07) is 6.80. The molecular formula is C15H17NO5. The number of carboxylic acid groups (broad SMARTS) is 1. The van der Waals surface area contributed by atoms with Gasteiger partial charge in [0.15, 0.2) is 5.76 Å². The van der Waals surface area contributed by atoms with Crippen molar-refractivity contribution in [2.24, 2.45) is 0 Å². The van der Waals surface area contributed by atoms with E-state index in [9.17, 15) is 9.59 Å². The Morgan fingerprint density at radius 2 is 2.10 bits per heavy atom. The van der Waals surface area contributed by atoms with Gasteiger partial charge in [-0.2, -0.15) is 0 Å². The normalized spacial score (nSPS) is 12.3. The Labute approximate surface area is 121 Å². The molecule has 112 valence electrons. The SMILES string of the molecule is COCc1c(C(=O)NC(C)CC(=O)O)oc2ccccc12. The van der Waals surface area contributed by atoms with Crippen molar-refractivity contribution in [3.63, 3.8) is 0 Å². The van der Waals surface area contributed by atoms with Crippen molar-refractivity contribution < 1.29 is 23.8 Å². The number of fused-ring (bicyclic) bond motifs is 1. The zero-order valence-electron chi connectivity index (χ0n) is 11.9. The number of aliphatic carboxylic acids is 1. The van der Waals surface area contributed by atoms with Crippen LogP contribution in [0.5, 0.6) is 0 Å². The maximum absolute atomic E-state index is 12.2. The number of carbonyl (C=O) groups is 2. The zero-order valence-corrected chi connectivity index (χ0v) is 11.9. The Hall–Kier alpha value is -2.34. The van der Waals surface area contributed by atoms with E-state index in [0.717, 1.165) is 5.39 Å². The number of amides is 1. The summed E-state index contributed by atoms with van der Waals surface area (Å²) in [7, 11) is 1.54. The van der Waals surface area contributed by atoms with Crippen LogP contribution in [0, 0.1) is 0 Å². The molecule has 1 amide bonds. The lowest BCUT2D eigenvalue weighted by molar-refractivity contribution is -0.137. The number of benzene rings is 1. The predicted octanol–water partition coefficient (Wildman–Crippen LogP) is 2.17. The van der Waals surface area contributed by atoms with Gasteiger partial charge in [0.05, 0.1) is 13.0 Å². The van der Waals surface area contributed by atoms with Crippen molar-refractivity contribution in [2.45, 2.75) is 26.0 Å². The monoisotopic (exact) mass is 291 g/mol. The lowest BCUT2D eigenvalue weighted by atomic mass is 10.1. The molecule has 0 spiro atoms. The molecule has 1 heterocycles. The maximum Gasteiger partial charge on any atom is 0.305 e. The number of hydrogen-bond donors (Lipinski definition) is 2. The predicted molar refractivity (Wildman–Crippen MR) is 76.1 cm³/mol. The Bertz CT molecular complexity index is 661. The van der Waals surface area contributed by atoms with E-state index in [1.54, 1.807) is 13.0 Å². The Kier molecular flexibility index (Phi) is 4.59. The summed E-state index contributed by atoms with van der Waals surface area (Å²) in [6.07, 6.45) is -0.147. The molecule has 0 aliphatic rings. The van der Waals surface area contributed by atoms with Crippen LogP contribution < -0.4 is 5.32 Å². The minimum absolute atomic E-state index is 0.147. The molecule has 2 aromatic rings. The summed E-state index contributed by atoms with van der Waals surface area (Å²) < 4.78 is 10.7. The molecular weight excluding hydrogens is 274 g/mol. The van der Waals surface area contributed by atoms with E-state index in [4.69, 9.17) is 14.3 Å². The van der Waals surface area contributed by atoms with Crippen LogP contribution in [0.25, 0.3) is 11.0 Å². The van der Waals surface area contributed by atoms with E-state index in [0.29, 0.717) is 11.1 Å². The average Bonchev–Trinajstić information content (AvgIpc) is 2.77. The molecule has 0 radical (unpaired) electrons. The lowest BCUT2D eigenvalue weighted by Gasteiger charge is -2.10. The Morgan fingerprint density at radius 3 is 2.76 bits per heavy atom. The zero-order chi connectivity index (χ0) is 15.4. The standard InChI is InChI=1S/C15H17NO5/c1-9(7-13(17)18)16-15(19)14-11(8-20-2)10-5-3-4-6-12(10)21-14/h3-6,9H,7-8H2,1-2H3,(H,16,19)(H,17,18). The van der Waals surface area contributed by atoms with Crippen molar-refractivity contribution in [3.8, 4) is 0 Å². The topological polar surface area (TPSA) is 88.8 Å². The summed E-state index contributed by atoms with van der Waals surface area (Å²) in [5.74, 6) is -1.24. The summed E-state index contributed by atoms with van der Waals surface area (Å²) in [6.45, 7) is 1.87. The maximum atomic E-state index is 12.2. The van der Waals surface area contributed by atoms with Crippen molar-refractivity contribution in [1.29, 1.82) is 0 Å². The molecule has 0 aliphatic heterocycles. The van der Waals surface area contributed by atoms with E-state index in [-0.39, 0.29) is 18.8 Å². The van der Waals surface area contributed by atoms with Crippen LogP contribution in [0.3, 0.4) is 0 Å². The number of ether oxygens (including phenoxy) is 1. The van der Waals surface area contributed by atoms with Gasteiger partial charge in [-0.1, -0.05) is 18.2 Å². The smallest absolute Gasteiger partial charge is 0.305 e. The first kappa shape index (κ1) is 15.1. The molecule has 0 saturated carbocycles. The number of hydrogen-bond acceptors (Lipinski definition) is 4. The summed E-state index contributed by atoms with van der Waals surface area (Å²) >= 11 is 0. The fourth-order valence-corrected chi connectivity index (χ4v) is 2.17. The molecule has 2 N–H and O–H groups in total. The van der Waals surface area contributed by atoms with Gasteiger partial charge in [-0.3, -0.25) is 9.59 Å². The summed E-state index contributed by atoms with van der Waals surface area (Å²) in [5.41, 5.74) is 1.26. The van der Waals surface area contributed by atoms with Crippen LogP contribution in [0.1, 0.15) is 29.5 Å². The van der Waals surface area contributed by atoms with Gasteiger partial charge in [-0.25, -0.2) is 0 Å². The van der Waals surface area contributed by atoms with E-state index >= 15 is 0 Å². The van der Waals surface area contributed by atoms with Crippen LogP contribution in [0.2, 0.25) is 0 Å². The highest BCUT2D eigenvalue weighted by atomic mass is 16.5. The minimum Gasteiger partial charge on any atom is -0.481 e. The first-order valence-electron chi connectivity index (χ1n) is 6.55. The second-order valence-corrected chi connectivity index (χ2v) is 4.81. The van der Waals surface area contributed by atoms with Crippen molar-refractivity contribution >= 4 is 22.8 Å². The van der Waals surface area contributed by atoms with Crippen molar-refractivity contribution in [1.82, 2.24) is 5.32 Å². The largest absolute Gasteiger partial charge is 0.481 e. The number of nitrogens with one attached hydrogen (secondary N) is 1. The molecule has 1 unspecified atom stereocenters. The second-order valence-electron chi connectivity index (χ2n) is 4.81. The van der Waals surface area contributed by atoms with Crippen LogP contribution in [-0.2, 0) is 16.1 Å². The second kappa shape index (κ2) is 6.41. The summed E-state index contributed by atoms with van der Waals surface area (Å²) in [4.78, 5) is 22.9. The molecule has 1 atom stereocenters. The van der Waals surface area contributed by atoms with Crippen molar-refractivity contribution in [3.05, 3.63) is 35.6 Å². The number of carbonyl (C=O) groups excluding carboxylic acids is 1. The first-order chi connectivity index (χ1) is 10.0. The average molecular weight is 291 g/mol. The number of rotatable bonds is 6. The highest BCUT2D eigenvalue weighted by molar-refractivity contribution is 5.99. The van der Waals surface area contributed by atoms with Gasteiger partial charge in [0.2, 0.25) is 0 Å². The lowest BCUT2D eigenvalue weighted by Crippen LogP contribution is -2.34. The highest BCUT2D eigenvalue weighted by Gasteiger charge is 2.22. The fourth-order valence-electron chi connectivity index (χ4n) is 2.17. The number of carboxylic acids is 1. The summed E-state index contributed by atoms with van der Waals surface area (Å²) in [5, 5.41) is 12.2. The molecule has 0 fully saturated rings. The highest BCUT2D eigenvalue weighted by Crippen LogP contribution is 2.26. The van der Waals surface area contributed by atoms with Gasteiger partial charge in [0, 0.05) is 24.1 Å². The van der Waals surface area contributed by atoms with Gasteiger partial charge in [-0.05, 0) is 13.0 Å². The Morgan fingerprint density at radius 1 is 1.38 bits per heavy atom. The molecule has 1 aromatic carbocycles. The number of furan rings is 1. The van der Waals surface area contributed by atoms with Gasteiger partial charge in [0.25, 0.3) is 5.91 Å². The molecule has 2 rings (SSSR count). The minimum atomic E-state index is -0.968. The van der Waals surface area contributed by atoms with E-state index in [1.165, 1.54) is 7.11 Å². The third-order valence-electron chi connectivity index (χ3n) is 3.05. The Balaban J connectivity index is 2.29. The van der Waals surface area contributed by atoms with Crippen LogP contribution in [0.4, 0.5) is 0 Å². The van der Waals surface area contributed by atoms with Gasteiger partial charge >= 0.3 is 5.97 Å². The van der Waals surface area contributed by atoms with Crippen molar-refractivity contribution in [2.75, 3.05) is 7.11 Å². The molecule has 0 saturated heterocycles. The number of methoxy groups -OCH3 is 1. The molecule has 1 aromatic heterocycles. The van der Waals surface area contributed by atoms with Gasteiger partial charge in [0.1, 0.15) is 5.58 Å². The van der Waals surface area contributed by atoms with Crippen LogP contribution in [0.15, 0.2) is 28.7 Å². The fraction of sp³-hybridized carbons (Fsp3) is 0.333. The van der Waals surface area contributed by atoms with Crippen LogP contribution in [-0.4, -0.2) is 30.1 Å². The molecule has 6 heteroatoms. The van der Waals surface area contributed by atoms with Crippen LogP contribution >= 0.6 is 0 Å². The van der Waals surface area contributed by atoms with E-state index in [1.807, 2.05) is 18.2 Å². The molecule has 6 nitrogen and oxygen atoms in total. The van der Waals surface area contributed by atoms with E-state index < -0.39 is 17.9 Å². The quantitative estimate of drug-likeness (QED) is 0.851. The molecule has 0 bridgehead atoms.